The molecule has 0 radical (unpaired) electrons. The lowest BCUT2D eigenvalue weighted by atomic mass is 10.2. The van der Waals surface area contributed by atoms with E-state index in [0.29, 0.717) is 0 Å². The van der Waals surface area contributed by atoms with Crippen molar-refractivity contribution in [3.63, 3.8) is 0 Å². The molecule has 6 nitrogen and oxygen atoms in total. The predicted molar refractivity (Wildman–Crippen MR) is 105 cm³/mol. The lowest BCUT2D eigenvalue weighted by Gasteiger charge is -2.06. The van der Waals surface area contributed by atoms with Gasteiger partial charge in [0.2, 0.25) is 0 Å². The molecule has 3 N–H and O–H groups in total. The Labute approximate surface area is 151 Å². The van der Waals surface area contributed by atoms with Gasteiger partial charge in [0.05, 0.1) is 16.4 Å². The van der Waals surface area contributed by atoms with Crippen LogP contribution in [0.5, 0.6) is 0 Å². The van der Waals surface area contributed by atoms with Crippen molar-refractivity contribution in [3.05, 3.63) is 71.4 Å². The van der Waals surface area contributed by atoms with Crippen molar-refractivity contribution in [2.75, 3.05) is 5.32 Å². The second kappa shape index (κ2) is 5.82. The lowest BCUT2D eigenvalue weighted by Crippen LogP contribution is -1.99. The average molecular weight is 359 g/mol. The van der Waals surface area contributed by atoms with Crippen molar-refractivity contribution in [1.82, 2.24) is 19.9 Å². The summed E-state index contributed by atoms with van der Waals surface area (Å²) < 4.78 is 0. The van der Waals surface area contributed by atoms with Gasteiger partial charge in [-0.25, -0.2) is 14.8 Å². The van der Waals surface area contributed by atoms with Crippen LogP contribution in [0.1, 0.15) is 0 Å². The first kappa shape index (κ1) is 14.9. The minimum absolute atomic E-state index is 0.216. The number of aromatic nitrogens is 4. The molecule has 126 valence electrons. The third kappa shape index (κ3) is 2.55. The van der Waals surface area contributed by atoms with E-state index in [0.717, 1.165) is 43.2 Å². The Kier molecular flexibility index (Phi) is 3.32. The molecule has 0 unspecified atom stereocenters. The van der Waals surface area contributed by atoms with Crippen LogP contribution in [-0.4, -0.2) is 19.9 Å². The third-order valence-corrected chi connectivity index (χ3v) is 5.26. The molecular weight excluding hydrogens is 346 g/mol. The highest BCUT2D eigenvalue weighted by molar-refractivity contribution is 7.21. The summed E-state index contributed by atoms with van der Waals surface area (Å²) in [5.41, 5.74) is 3.32. The van der Waals surface area contributed by atoms with Crippen molar-refractivity contribution < 1.29 is 0 Å². The Balaban J connectivity index is 1.57. The maximum absolute atomic E-state index is 11.4. The highest BCUT2D eigenvalue weighted by Crippen LogP contribution is 2.35. The zero-order chi connectivity index (χ0) is 17.5. The zero-order valence-corrected chi connectivity index (χ0v) is 14.3. The van der Waals surface area contributed by atoms with Gasteiger partial charge >= 0.3 is 5.69 Å². The minimum Gasteiger partial charge on any atom is -0.340 e. The first-order valence-electron chi connectivity index (χ1n) is 8.05. The van der Waals surface area contributed by atoms with Crippen molar-refractivity contribution in [2.45, 2.75) is 0 Å². The van der Waals surface area contributed by atoms with E-state index in [-0.39, 0.29) is 5.69 Å². The molecule has 0 saturated carbocycles. The van der Waals surface area contributed by atoms with E-state index in [4.69, 9.17) is 0 Å². The topological polar surface area (TPSA) is 86.5 Å². The summed E-state index contributed by atoms with van der Waals surface area (Å²) in [7, 11) is 0. The maximum atomic E-state index is 11.4. The molecule has 0 aliphatic rings. The summed E-state index contributed by atoms with van der Waals surface area (Å²) >= 11 is 1.64. The maximum Gasteiger partial charge on any atom is 0.323 e. The number of imidazole rings is 1. The smallest absolute Gasteiger partial charge is 0.323 e. The Morgan fingerprint density at radius 1 is 0.923 bits per heavy atom. The molecule has 0 spiro atoms. The highest BCUT2D eigenvalue weighted by Gasteiger charge is 2.10. The van der Waals surface area contributed by atoms with Crippen molar-refractivity contribution >= 4 is 44.1 Å². The number of nitrogens with zero attached hydrogens (tertiary/aromatic N) is 2. The molecule has 5 rings (SSSR count). The number of anilines is 2. The third-order valence-electron chi connectivity index (χ3n) is 4.17. The predicted octanol–water partition coefficient (Wildman–Crippen LogP) is 4.27. The van der Waals surface area contributed by atoms with Crippen LogP contribution in [0.25, 0.3) is 31.7 Å². The molecule has 0 aliphatic heterocycles. The van der Waals surface area contributed by atoms with E-state index in [1.807, 2.05) is 36.4 Å². The Hall–Kier alpha value is -3.45. The van der Waals surface area contributed by atoms with Crippen LogP contribution in [0.4, 0.5) is 11.5 Å². The number of nitrogens with one attached hydrogen (secondary N) is 3. The summed E-state index contributed by atoms with van der Waals surface area (Å²) in [5.74, 6) is 0.741. The molecule has 0 bridgehead atoms. The second-order valence-electron chi connectivity index (χ2n) is 5.88. The molecule has 7 heteroatoms. The fourth-order valence-electron chi connectivity index (χ4n) is 2.95. The molecule has 0 saturated heterocycles. The molecule has 2 aromatic carbocycles. The van der Waals surface area contributed by atoms with E-state index in [1.54, 1.807) is 17.7 Å². The van der Waals surface area contributed by atoms with E-state index >= 15 is 0 Å². The van der Waals surface area contributed by atoms with Gasteiger partial charge in [-0.3, -0.25) is 0 Å². The average Bonchev–Trinajstić information content (AvgIpc) is 3.25. The fraction of sp³-hybridized carbons (Fsp3) is 0. The van der Waals surface area contributed by atoms with Crippen molar-refractivity contribution in [1.29, 1.82) is 0 Å². The quantitative estimate of drug-likeness (QED) is 0.449. The first-order valence-corrected chi connectivity index (χ1v) is 8.87. The van der Waals surface area contributed by atoms with Crippen LogP contribution >= 0.6 is 11.3 Å². The SMILES string of the molecule is O=c1[nH]c2ccc(Nc3ncnc4sc(-c5ccccc5)cc34)cc2[nH]1. The minimum atomic E-state index is -0.216. The van der Waals surface area contributed by atoms with E-state index in [1.165, 1.54) is 0 Å². The molecule has 0 amide bonds. The van der Waals surface area contributed by atoms with Crippen LogP contribution in [0.3, 0.4) is 0 Å². The molecule has 5 aromatic rings. The summed E-state index contributed by atoms with van der Waals surface area (Å²) in [5, 5.41) is 4.30. The summed E-state index contributed by atoms with van der Waals surface area (Å²) in [6.07, 6.45) is 1.56. The first-order chi connectivity index (χ1) is 12.8. The van der Waals surface area contributed by atoms with Gasteiger partial charge in [0.15, 0.2) is 0 Å². The van der Waals surface area contributed by atoms with Crippen LogP contribution in [0, 0.1) is 0 Å². The fourth-order valence-corrected chi connectivity index (χ4v) is 3.95. The summed E-state index contributed by atoms with van der Waals surface area (Å²) in [6.45, 7) is 0. The van der Waals surface area contributed by atoms with Crippen LogP contribution in [0.15, 0.2) is 65.7 Å². The van der Waals surface area contributed by atoms with Gasteiger partial charge in [-0.1, -0.05) is 30.3 Å². The summed E-state index contributed by atoms with van der Waals surface area (Å²) in [4.78, 5) is 27.8. The number of benzene rings is 2. The van der Waals surface area contributed by atoms with Gasteiger partial charge in [-0.05, 0) is 29.8 Å². The number of thiophene rings is 1. The van der Waals surface area contributed by atoms with Crippen molar-refractivity contribution in [3.8, 4) is 10.4 Å². The number of rotatable bonds is 3. The molecule has 0 aliphatic carbocycles. The zero-order valence-electron chi connectivity index (χ0n) is 13.5. The second-order valence-corrected chi connectivity index (χ2v) is 6.91. The molecule has 0 atom stereocenters. The molecule has 3 aromatic heterocycles. The standard InChI is InChI=1S/C19H13N5OS/c25-19-23-14-7-6-12(8-15(14)24-19)22-17-13-9-16(11-4-2-1-3-5-11)26-18(13)21-10-20-17/h1-10H,(H,20,21,22)(H2,23,24,25). The number of aromatic amines is 2. The van der Waals surface area contributed by atoms with E-state index in [9.17, 15) is 4.79 Å². The van der Waals surface area contributed by atoms with Gasteiger partial charge in [0.1, 0.15) is 17.0 Å². The number of hydrogen-bond donors (Lipinski definition) is 3. The van der Waals surface area contributed by atoms with E-state index < -0.39 is 0 Å². The summed E-state index contributed by atoms with van der Waals surface area (Å²) in [6, 6.07) is 18.0. The van der Waals surface area contributed by atoms with Gasteiger partial charge in [0, 0.05) is 10.6 Å². The van der Waals surface area contributed by atoms with Gasteiger partial charge < -0.3 is 15.3 Å². The van der Waals surface area contributed by atoms with Crippen LogP contribution in [0.2, 0.25) is 0 Å². The van der Waals surface area contributed by atoms with Gasteiger partial charge in [-0.2, -0.15) is 0 Å². The molecule has 0 fully saturated rings. The monoisotopic (exact) mass is 359 g/mol. The lowest BCUT2D eigenvalue weighted by molar-refractivity contribution is 1.21. The number of H-pyrrole nitrogens is 2. The Bertz CT molecular complexity index is 1290. The van der Waals surface area contributed by atoms with Crippen LogP contribution in [-0.2, 0) is 0 Å². The highest BCUT2D eigenvalue weighted by atomic mass is 32.1. The largest absolute Gasteiger partial charge is 0.340 e. The normalized spacial score (nSPS) is 11.2. The molecule has 3 heterocycles. The van der Waals surface area contributed by atoms with Gasteiger partial charge in [-0.15, -0.1) is 11.3 Å². The van der Waals surface area contributed by atoms with Crippen molar-refractivity contribution in [2.24, 2.45) is 0 Å². The Morgan fingerprint density at radius 3 is 2.65 bits per heavy atom. The Morgan fingerprint density at radius 2 is 1.77 bits per heavy atom. The van der Waals surface area contributed by atoms with Gasteiger partial charge in [0.25, 0.3) is 0 Å². The van der Waals surface area contributed by atoms with E-state index in [2.05, 4.69) is 43.5 Å². The number of hydrogen-bond acceptors (Lipinski definition) is 5. The molecule has 26 heavy (non-hydrogen) atoms. The molecular formula is C19H13N5OS. The number of fused-ring (bicyclic) bond motifs is 2. The van der Waals surface area contributed by atoms with Crippen LogP contribution < -0.4 is 11.0 Å².